The van der Waals surface area contributed by atoms with Gasteiger partial charge in [-0.05, 0) is 18.9 Å². The molecule has 3 nitrogen and oxygen atoms in total. The SMILES string of the molecule is CCC.CCCC1(OC)CCCC[Si]1(OC)OC. The Bertz CT molecular complexity index is 203. The molecule has 0 bridgehead atoms. The lowest BCUT2D eigenvalue weighted by Gasteiger charge is -2.47. The molecule has 1 fully saturated rings. The van der Waals surface area contributed by atoms with Crippen molar-refractivity contribution < 1.29 is 13.6 Å². The first-order valence-electron chi connectivity index (χ1n) is 7.27. The average molecular weight is 276 g/mol. The van der Waals surface area contributed by atoms with E-state index in [0.29, 0.717) is 0 Å². The van der Waals surface area contributed by atoms with Gasteiger partial charge in [0.15, 0.2) is 0 Å². The van der Waals surface area contributed by atoms with Gasteiger partial charge in [-0.3, -0.25) is 0 Å². The average Bonchev–Trinajstić information content (AvgIpc) is 2.40. The molecule has 1 rings (SSSR count). The molecule has 0 spiro atoms. The van der Waals surface area contributed by atoms with E-state index in [1.807, 2.05) is 0 Å². The number of methoxy groups -OCH3 is 1. The van der Waals surface area contributed by atoms with Crippen LogP contribution in [0.15, 0.2) is 0 Å². The molecule has 0 radical (unpaired) electrons. The molecule has 0 aromatic rings. The van der Waals surface area contributed by atoms with Gasteiger partial charge in [-0.1, -0.05) is 46.5 Å². The monoisotopic (exact) mass is 276 g/mol. The van der Waals surface area contributed by atoms with Gasteiger partial charge in [-0.15, -0.1) is 0 Å². The summed E-state index contributed by atoms with van der Waals surface area (Å²) in [5.41, 5.74) is 0. The van der Waals surface area contributed by atoms with Gasteiger partial charge in [-0.25, -0.2) is 0 Å². The number of ether oxygens (including phenoxy) is 1. The van der Waals surface area contributed by atoms with Gasteiger partial charge >= 0.3 is 8.56 Å². The molecule has 0 aliphatic carbocycles. The lowest BCUT2D eigenvalue weighted by atomic mass is 10.1. The highest BCUT2D eigenvalue weighted by Crippen LogP contribution is 2.42. The third-order valence-electron chi connectivity index (χ3n) is 3.73. The topological polar surface area (TPSA) is 27.7 Å². The molecule has 1 saturated heterocycles. The van der Waals surface area contributed by atoms with Crippen LogP contribution in [0.5, 0.6) is 0 Å². The second-order valence-corrected chi connectivity index (χ2v) is 8.76. The molecule has 0 N–H and O–H groups in total. The third kappa shape index (κ3) is 3.79. The van der Waals surface area contributed by atoms with Gasteiger partial charge in [0, 0.05) is 21.3 Å². The Balaban J connectivity index is 0.000000873. The normalized spacial score (nSPS) is 26.3. The lowest BCUT2D eigenvalue weighted by Crippen LogP contribution is -2.64. The van der Waals surface area contributed by atoms with Gasteiger partial charge in [0.05, 0.1) is 0 Å². The second kappa shape index (κ2) is 9.07. The summed E-state index contributed by atoms with van der Waals surface area (Å²) in [4.78, 5) is 0. The number of rotatable bonds is 5. The van der Waals surface area contributed by atoms with Gasteiger partial charge in [0.2, 0.25) is 0 Å². The van der Waals surface area contributed by atoms with Crippen molar-refractivity contribution in [1.29, 1.82) is 0 Å². The van der Waals surface area contributed by atoms with Gasteiger partial charge in [0.25, 0.3) is 0 Å². The summed E-state index contributed by atoms with van der Waals surface area (Å²) < 4.78 is 17.4. The highest BCUT2D eigenvalue weighted by Gasteiger charge is 2.58. The van der Waals surface area contributed by atoms with Crippen molar-refractivity contribution >= 4 is 8.56 Å². The van der Waals surface area contributed by atoms with Gasteiger partial charge in [-0.2, -0.15) is 0 Å². The third-order valence-corrected chi connectivity index (χ3v) is 8.16. The minimum Gasteiger partial charge on any atom is -0.396 e. The molecule has 0 aromatic carbocycles. The Morgan fingerprint density at radius 3 is 1.94 bits per heavy atom. The maximum atomic E-state index is 5.83. The van der Waals surface area contributed by atoms with Crippen molar-refractivity contribution in [3.63, 3.8) is 0 Å². The minimum atomic E-state index is -2.15. The molecule has 0 saturated carbocycles. The van der Waals surface area contributed by atoms with Crippen LogP contribution in [0.3, 0.4) is 0 Å². The van der Waals surface area contributed by atoms with Crippen LogP contribution in [0.4, 0.5) is 0 Å². The first kappa shape index (κ1) is 18.1. The maximum absolute atomic E-state index is 5.83. The molecule has 0 aromatic heterocycles. The lowest BCUT2D eigenvalue weighted by molar-refractivity contribution is -0.0149. The van der Waals surface area contributed by atoms with E-state index in [4.69, 9.17) is 13.6 Å². The second-order valence-electron chi connectivity index (χ2n) is 5.02. The van der Waals surface area contributed by atoms with Gasteiger partial charge < -0.3 is 13.6 Å². The van der Waals surface area contributed by atoms with E-state index < -0.39 is 8.56 Å². The van der Waals surface area contributed by atoms with Gasteiger partial charge in [0.1, 0.15) is 5.22 Å². The van der Waals surface area contributed by atoms with Crippen molar-refractivity contribution in [2.75, 3.05) is 21.3 Å². The smallest absolute Gasteiger partial charge is 0.370 e. The number of hydrogen-bond donors (Lipinski definition) is 0. The summed E-state index contributed by atoms with van der Waals surface area (Å²) in [6, 6.07) is 1.06. The van der Waals surface area contributed by atoms with Crippen LogP contribution >= 0.6 is 0 Å². The molecule has 18 heavy (non-hydrogen) atoms. The first-order chi connectivity index (χ1) is 8.61. The van der Waals surface area contributed by atoms with E-state index in [0.717, 1.165) is 25.3 Å². The predicted molar refractivity (Wildman–Crippen MR) is 79.0 cm³/mol. The Morgan fingerprint density at radius 1 is 1.00 bits per heavy atom. The van der Waals surface area contributed by atoms with E-state index in [-0.39, 0.29) is 5.22 Å². The van der Waals surface area contributed by atoms with E-state index in [2.05, 4.69) is 20.8 Å². The van der Waals surface area contributed by atoms with Crippen LogP contribution in [0.25, 0.3) is 0 Å². The minimum absolute atomic E-state index is 0.122. The van der Waals surface area contributed by atoms with Crippen molar-refractivity contribution in [3.8, 4) is 0 Å². The Morgan fingerprint density at radius 2 is 1.56 bits per heavy atom. The first-order valence-corrected chi connectivity index (χ1v) is 9.29. The van der Waals surface area contributed by atoms with Crippen LogP contribution in [-0.2, 0) is 13.6 Å². The summed E-state index contributed by atoms with van der Waals surface area (Å²) in [7, 11) is 3.22. The van der Waals surface area contributed by atoms with E-state index >= 15 is 0 Å². The molecule has 1 atom stereocenters. The quantitative estimate of drug-likeness (QED) is 0.709. The van der Waals surface area contributed by atoms with Crippen molar-refractivity contribution in [1.82, 2.24) is 0 Å². The molecular formula is C14H32O3Si. The highest BCUT2D eigenvalue weighted by atomic mass is 28.4. The molecule has 4 heteroatoms. The van der Waals surface area contributed by atoms with E-state index in [1.54, 1.807) is 21.3 Å². The van der Waals surface area contributed by atoms with E-state index in [9.17, 15) is 0 Å². The van der Waals surface area contributed by atoms with Crippen molar-refractivity contribution in [2.24, 2.45) is 0 Å². The molecule has 0 amide bonds. The van der Waals surface area contributed by atoms with Crippen LogP contribution in [0.2, 0.25) is 6.04 Å². The molecule has 1 aliphatic heterocycles. The van der Waals surface area contributed by atoms with Crippen molar-refractivity contribution in [2.45, 2.75) is 70.6 Å². The summed E-state index contributed by atoms with van der Waals surface area (Å²) in [6.07, 6.45) is 6.95. The maximum Gasteiger partial charge on any atom is 0.370 e. The summed E-state index contributed by atoms with van der Waals surface area (Å²) in [5, 5.41) is -0.122. The fraction of sp³-hybridized carbons (Fsp3) is 1.00. The molecule has 1 unspecified atom stereocenters. The Kier molecular flexibility index (Phi) is 9.12. The van der Waals surface area contributed by atoms with Crippen LogP contribution in [0, 0.1) is 0 Å². The number of hydrogen-bond acceptors (Lipinski definition) is 3. The molecule has 1 aliphatic rings. The molecular weight excluding hydrogens is 244 g/mol. The standard InChI is InChI=1S/C11H24O3Si.C3H8/c1-5-8-11(12-2)9-6-7-10-15(11,13-3)14-4;1-3-2/h5-10H2,1-4H3;3H2,1-2H3. The predicted octanol–water partition coefficient (Wildman–Crippen LogP) is 4.05. The molecule has 110 valence electrons. The Labute approximate surface area is 114 Å². The van der Waals surface area contributed by atoms with Crippen LogP contribution < -0.4 is 0 Å². The van der Waals surface area contributed by atoms with E-state index in [1.165, 1.54) is 19.3 Å². The molecule has 1 heterocycles. The highest BCUT2D eigenvalue weighted by molar-refractivity contribution is 6.70. The Hall–Kier alpha value is 0.0969. The van der Waals surface area contributed by atoms with Crippen molar-refractivity contribution in [3.05, 3.63) is 0 Å². The summed E-state index contributed by atoms with van der Waals surface area (Å²) in [5.74, 6) is 0. The summed E-state index contributed by atoms with van der Waals surface area (Å²) in [6.45, 7) is 6.44. The van der Waals surface area contributed by atoms with Crippen LogP contribution in [0.1, 0.15) is 59.3 Å². The zero-order valence-corrected chi connectivity index (χ0v) is 14.2. The fourth-order valence-electron chi connectivity index (χ4n) is 2.92. The zero-order valence-electron chi connectivity index (χ0n) is 13.2. The zero-order chi connectivity index (χ0) is 14.1. The largest absolute Gasteiger partial charge is 0.396 e. The fourth-order valence-corrected chi connectivity index (χ4v) is 6.91. The van der Waals surface area contributed by atoms with Crippen LogP contribution in [-0.4, -0.2) is 35.1 Å². The summed E-state index contributed by atoms with van der Waals surface area (Å²) >= 11 is 0.